The van der Waals surface area contributed by atoms with Gasteiger partial charge in [0.05, 0.1) is 12.7 Å². The first-order valence-corrected chi connectivity index (χ1v) is 7.67. The van der Waals surface area contributed by atoms with Gasteiger partial charge in [0.2, 0.25) is 0 Å². The highest BCUT2D eigenvalue weighted by Crippen LogP contribution is 2.41. The average molecular weight is 347 g/mol. The zero-order chi connectivity index (χ0) is 14.1. The summed E-state index contributed by atoms with van der Waals surface area (Å²) in [5.74, 6) is -0.313. The van der Waals surface area contributed by atoms with Gasteiger partial charge >= 0.3 is 5.97 Å². The number of fused-ring (bicyclic) bond motifs is 1. The molecule has 1 heterocycles. The number of methoxy groups -OCH3 is 1. The van der Waals surface area contributed by atoms with E-state index in [-0.39, 0.29) is 5.97 Å². The molecule has 0 radical (unpaired) electrons. The van der Waals surface area contributed by atoms with E-state index in [0.29, 0.717) is 5.56 Å². The number of esters is 1. The maximum Gasteiger partial charge on any atom is 0.337 e. The van der Waals surface area contributed by atoms with Crippen LogP contribution in [0.1, 0.15) is 10.4 Å². The van der Waals surface area contributed by atoms with Gasteiger partial charge in [-0.3, -0.25) is 0 Å². The van der Waals surface area contributed by atoms with Crippen molar-refractivity contribution in [3.63, 3.8) is 0 Å². The molecular formula is C16H11BrO2S. The molecule has 0 unspecified atom stereocenters. The van der Waals surface area contributed by atoms with Crippen molar-refractivity contribution in [1.29, 1.82) is 0 Å². The fourth-order valence-electron chi connectivity index (χ4n) is 2.08. The van der Waals surface area contributed by atoms with Gasteiger partial charge in [0, 0.05) is 19.4 Å². The lowest BCUT2D eigenvalue weighted by Gasteiger charge is -2.02. The Kier molecular flexibility index (Phi) is 3.59. The van der Waals surface area contributed by atoms with E-state index in [2.05, 4.69) is 28.1 Å². The SMILES string of the molecule is COC(=O)c1ccc(-c2sc3ccccc3c2Br)cc1. The quantitative estimate of drug-likeness (QED) is 0.602. The van der Waals surface area contributed by atoms with Crippen LogP contribution in [0.25, 0.3) is 20.5 Å². The highest BCUT2D eigenvalue weighted by atomic mass is 79.9. The lowest BCUT2D eigenvalue weighted by Crippen LogP contribution is -2.00. The number of carbonyl (C=O) groups is 1. The van der Waals surface area contributed by atoms with Crippen molar-refractivity contribution >= 4 is 43.3 Å². The van der Waals surface area contributed by atoms with Crippen LogP contribution in [0.15, 0.2) is 53.0 Å². The normalized spacial score (nSPS) is 10.7. The van der Waals surface area contributed by atoms with E-state index in [1.807, 2.05) is 24.3 Å². The summed E-state index contributed by atoms with van der Waals surface area (Å²) in [6.45, 7) is 0. The van der Waals surface area contributed by atoms with E-state index < -0.39 is 0 Å². The highest BCUT2D eigenvalue weighted by molar-refractivity contribution is 9.10. The van der Waals surface area contributed by atoms with Gasteiger partial charge in [0.15, 0.2) is 0 Å². The van der Waals surface area contributed by atoms with Crippen molar-refractivity contribution in [3.8, 4) is 10.4 Å². The number of thiophene rings is 1. The minimum atomic E-state index is -0.313. The predicted molar refractivity (Wildman–Crippen MR) is 86.3 cm³/mol. The van der Waals surface area contributed by atoms with Gasteiger partial charge in [0.25, 0.3) is 0 Å². The molecule has 0 fully saturated rings. The van der Waals surface area contributed by atoms with Crippen LogP contribution >= 0.6 is 27.3 Å². The van der Waals surface area contributed by atoms with Crippen LogP contribution in [0, 0.1) is 0 Å². The first-order chi connectivity index (χ1) is 9.70. The third-order valence-corrected chi connectivity index (χ3v) is 5.41. The van der Waals surface area contributed by atoms with Gasteiger partial charge in [-0.1, -0.05) is 30.3 Å². The van der Waals surface area contributed by atoms with Gasteiger partial charge in [-0.05, 0) is 39.7 Å². The van der Waals surface area contributed by atoms with E-state index >= 15 is 0 Å². The molecular weight excluding hydrogens is 336 g/mol. The molecule has 0 amide bonds. The first kappa shape index (κ1) is 13.3. The van der Waals surface area contributed by atoms with Crippen molar-refractivity contribution < 1.29 is 9.53 Å². The number of carbonyl (C=O) groups excluding carboxylic acids is 1. The Labute approximate surface area is 129 Å². The molecule has 0 aliphatic rings. The lowest BCUT2D eigenvalue weighted by molar-refractivity contribution is 0.0601. The summed E-state index contributed by atoms with van der Waals surface area (Å²) in [6.07, 6.45) is 0. The van der Waals surface area contributed by atoms with Crippen LogP contribution < -0.4 is 0 Å². The molecule has 0 aliphatic heterocycles. The minimum Gasteiger partial charge on any atom is -0.465 e. The monoisotopic (exact) mass is 346 g/mol. The maximum absolute atomic E-state index is 11.4. The van der Waals surface area contributed by atoms with Gasteiger partial charge in [-0.25, -0.2) is 4.79 Å². The summed E-state index contributed by atoms with van der Waals surface area (Å²) in [5, 5.41) is 1.21. The average Bonchev–Trinajstić information content (AvgIpc) is 2.84. The Morgan fingerprint density at radius 3 is 2.45 bits per heavy atom. The molecule has 0 N–H and O–H groups in total. The van der Waals surface area contributed by atoms with E-state index in [0.717, 1.165) is 10.0 Å². The third kappa shape index (κ3) is 2.25. The maximum atomic E-state index is 11.4. The molecule has 4 heteroatoms. The first-order valence-electron chi connectivity index (χ1n) is 6.06. The topological polar surface area (TPSA) is 26.3 Å². The molecule has 0 spiro atoms. The summed E-state index contributed by atoms with van der Waals surface area (Å²) in [4.78, 5) is 12.6. The number of hydrogen-bond donors (Lipinski definition) is 0. The zero-order valence-electron chi connectivity index (χ0n) is 10.7. The highest BCUT2D eigenvalue weighted by Gasteiger charge is 2.12. The molecule has 3 aromatic rings. The fourth-order valence-corrected chi connectivity index (χ4v) is 4.12. The van der Waals surface area contributed by atoms with Crippen LogP contribution in [0.3, 0.4) is 0 Å². The second-order valence-corrected chi connectivity index (χ2v) is 6.16. The summed E-state index contributed by atoms with van der Waals surface area (Å²) >= 11 is 5.40. The molecule has 0 saturated heterocycles. The standard InChI is InChI=1S/C16H11BrO2S/c1-19-16(18)11-8-6-10(7-9-11)15-14(17)12-4-2-3-5-13(12)20-15/h2-9H,1H3. The second kappa shape index (κ2) is 5.38. The van der Waals surface area contributed by atoms with Crippen molar-refractivity contribution in [2.45, 2.75) is 0 Å². The van der Waals surface area contributed by atoms with E-state index in [1.165, 1.54) is 22.1 Å². The lowest BCUT2D eigenvalue weighted by atomic mass is 10.1. The Morgan fingerprint density at radius 1 is 1.10 bits per heavy atom. The van der Waals surface area contributed by atoms with Gasteiger partial charge in [-0.15, -0.1) is 11.3 Å². The Morgan fingerprint density at radius 2 is 1.80 bits per heavy atom. The Hall–Kier alpha value is -1.65. The third-order valence-electron chi connectivity index (χ3n) is 3.10. The minimum absolute atomic E-state index is 0.313. The number of hydrogen-bond acceptors (Lipinski definition) is 3. The molecule has 20 heavy (non-hydrogen) atoms. The number of halogens is 1. The summed E-state index contributed by atoms with van der Waals surface area (Å²) in [5.41, 5.74) is 1.65. The van der Waals surface area contributed by atoms with Crippen LogP contribution in [-0.2, 0) is 4.74 Å². The Bertz CT molecular complexity index is 775. The van der Waals surface area contributed by atoms with E-state index in [9.17, 15) is 4.79 Å². The molecule has 0 atom stereocenters. The van der Waals surface area contributed by atoms with Crippen LogP contribution in [-0.4, -0.2) is 13.1 Å². The van der Waals surface area contributed by atoms with Crippen molar-refractivity contribution in [2.24, 2.45) is 0 Å². The largest absolute Gasteiger partial charge is 0.465 e. The van der Waals surface area contributed by atoms with Crippen molar-refractivity contribution in [2.75, 3.05) is 7.11 Å². The van der Waals surface area contributed by atoms with Gasteiger partial charge in [-0.2, -0.15) is 0 Å². The molecule has 0 saturated carbocycles. The second-order valence-electron chi connectivity index (χ2n) is 4.31. The van der Waals surface area contributed by atoms with Crippen LogP contribution in [0.4, 0.5) is 0 Å². The van der Waals surface area contributed by atoms with Crippen LogP contribution in [0.5, 0.6) is 0 Å². The molecule has 0 bridgehead atoms. The number of ether oxygens (including phenoxy) is 1. The Balaban J connectivity index is 2.07. The zero-order valence-corrected chi connectivity index (χ0v) is 13.1. The molecule has 3 rings (SSSR count). The molecule has 1 aromatic heterocycles. The molecule has 2 nitrogen and oxygen atoms in total. The molecule has 2 aromatic carbocycles. The summed E-state index contributed by atoms with van der Waals surface area (Å²) < 4.78 is 7.05. The number of benzene rings is 2. The van der Waals surface area contributed by atoms with Gasteiger partial charge < -0.3 is 4.74 Å². The smallest absolute Gasteiger partial charge is 0.337 e. The summed E-state index contributed by atoms with van der Waals surface area (Å²) in [7, 11) is 1.39. The van der Waals surface area contributed by atoms with E-state index in [1.54, 1.807) is 23.5 Å². The van der Waals surface area contributed by atoms with E-state index in [4.69, 9.17) is 4.74 Å². The van der Waals surface area contributed by atoms with Gasteiger partial charge in [0.1, 0.15) is 0 Å². The predicted octanol–water partition coefficient (Wildman–Crippen LogP) is 5.12. The summed E-state index contributed by atoms with van der Waals surface area (Å²) in [6, 6.07) is 15.7. The molecule has 100 valence electrons. The number of rotatable bonds is 2. The van der Waals surface area contributed by atoms with Crippen molar-refractivity contribution in [3.05, 3.63) is 58.6 Å². The van der Waals surface area contributed by atoms with Crippen molar-refractivity contribution in [1.82, 2.24) is 0 Å². The fraction of sp³-hybridized carbons (Fsp3) is 0.0625. The van der Waals surface area contributed by atoms with Crippen LogP contribution in [0.2, 0.25) is 0 Å². The molecule has 0 aliphatic carbocycles.